The lowest BCUT2D eigenvalue weighted by Gasteiger charge is -2.28. The normalized spacial score (nSPS) is 26.3. The van der Waals surface area contributed by atoms with Gasteiger partial charge < -0.3 is 15.7 Å². The average molecular weight is 239 g/mol. The van der Waals surface area contributed by atoms with Crippen LogP contribution in [0.2, 0.25) is 5.82 Å². The summed E-state index contributed by atoms with van der Waals surface area (Å²) in [5, 5.41) is 2.68. The second kappa shape index (κ2) is 7.72. The van der Waals surface area contributed by atoms with E-state index >= 15 is 0 Å². The maximum Gasteiger partial charge on any atom is 0.307 e. The molecule has 1 rings (SSSR count). The number of carbonyl (C=O) groups excluding carboxylic acids is 1. The Morgan fingerprint density at radius 2 is 2.12 bits per heavy atom. The van der Waals surface area contributed by atoms with E-state index in [-0.39, 0.29) is 18.5 Å². The minimum atomic E-state index is -0.165. The highest BCUT2D eigenvalue weighted by atomic mass is 16.4. The van der Waals surface area contributed by atoms with E-state index in [2.05, 4.69) is 12.2 Å². The van der Waals surface area contributed by atoms with Crippen LogP contribution in [0.15, 0.2) is 0 Å². The molecule has 0 unspecified atom stereocenters. The van der Waals surface area contributed by atoms with Gasteiger partial charge in [-0.05, 0) is 18.3 Å². The van der Waals surface area contributed by atoms with Gasteiger partial charge in [0.1, 0.15) is 0 Å². The number of amides is 1. The van der Waals surface area contributed by atoms with Crippen molar-refractivity contribution in [3.05, 3.63) is 0 Å². The van der Waals surface area contributed by atoms with Crippen LogP contribution in [-0.2, 0) is 9.45 Å². The third-order valence-electron chi connectivity index (χ3n) is 3.66. The molecule has 0 aromatic rings. The van der Waals surface area contributed by atoms with Crippen molar-refractivity contribution in [1.29, 1.82) is 0 Å². The highest BCUT2D eigenvalue weighted by Gasteiger charge is 2.26. The van der Waals surface area contributed by atoms with Gasteiger partial charge in [-0.25, -0.2) is 0 Å². The molecular weight excluding hydrogens is 215 g/mol. The fourth-order valence-electron chi connectivity index (χ4n) is 2.51. The van der Waals surface area contributed by atoms with Crippen LogP contribution in [0, 0.1) is 11.8 Å². The van der Waals surface area contributed by atoms with Crippen molar-refractivity contribution >= 4 is 13.4 Å². The lowest BCUT2D eigenvalue weighted by atomic mass is 9.69. The van der Waals surface area contributed by atoms with Gasteiger partial charge in [0.15, 0.2) is 0 Å². The lowest BCUT2D eigenvalue weighted by molar-refractivity contribution is -0.121. The molecule has 0 saturated heterocycles. The van der Waals surface area contributed by atoms with Crippen molar-refractivity contribution in [3.8, 4) is 0 Å². The van der Waals surface area contributed by atoms with E-state index < -0.39 is 0 Å². The molecule has 0 heterocycles. The van der Waals surface area contributed by atoms with Gasteiger partial charge in [0.05, 0.1) is 6.73 Å². The first-order valence-electron chi connectivity index (χ1n) is 6.54. The molecule has 1 amide bonds. The molecule has 3 N–H and O–H groups in total. The molecule has 1 saturated carbocycles. The molecule has 0 aliphatic heterocycles. The van der Waals surface area contributed by atoms with Gasteiger partial charge >= 0.3 is 7.48 Å². The van der Waals surface area contributed by atoms with Gasteiger partial charge in [0.25, 0.3) is 0 Å². The standard InChI is InChI=1S/C12H24BN2O2/c1-9-3-5-10(6-4-9)7-11(12(16)15-2)13-17-8-14/h9-11H,3-8,14H2,1-2H3,(H,15,16)/t9?,10?,11-/m0/s1. The van der Waals surface area contributed by atoms with E-state index in [9.17, 15) is 4.79 Å². The fraction of sp³-hybridized carbons (Fsp3) is 0.917. The molecule has 1 aliphatic carbocycles. The van der Waals surface area contributed by atoms with Crippen LogP contribution >= 0.6 is 0 Å². The molecule has 97 valence electrons. The smallest absolute Gasteiger partial charge is 0.307 e. The average Bonchev–Trinajstić information content (AvgIpc) is 2.36. The van der Waals surface area contributed by atoms with Crippen LogP contribution in [0.1, 0.15) is 39.0 Å². The van der Waals surface area contributed by atoms with Gasteiger partial charge in [0, 0.05) is 12.9 Å². The highest BCUT2D eigenvalue weighted by molar-refractivity contribution is 6.37. The topological polar surface area (TPSA) is 64.3 Å². The molecule has 0 spiro atoms. The Kier molecular flexibility index (Phi) is 6.59. The van der Waals surface area contributed by atoms with Gasteiger partial charge in [-0.15, -0.1) is 0 Å². The Balaban J connectivity index is 2.39. The Bertz CT molecular complexity index is 231. The van der Waals surface area contributed by atoms with Crippen LogP contribution in [0.4, 0.5) is 0 Å². The monoisotopic (exact) mass is 239 g/mol. The van der Waals surface area contributed by atoms with E-state index in [1.807, 2.05) is 0 Å². The number of rotatable bonds is 6. The SMILES string of the molecule is CNC(=O)[C@@H]([B]OCN)CC1CCC(C)CC1. The fourth-order valence-corrected chi connectivity index (χ4v) is 2.51. The van der Waals surface area contributed by atoms with Crippen LogP contribution in [0.5, 0.6) is 0 Å². The maximum atomic E-state index is 11.7. The zero-order chi connectivity index (χ0) is 12.7. The molecule has 1 fully saturated rings. The van der Waals surface area contributed by atoms with Gasteiger partial charge in [-0.1, -0.05) is 32.6 Å². The molecule has 0 aromatic carbocycles. The summed E-state index contributed by atoms with van der Waals surface area (Å²) in [7, 11) is 3.26. The second-order valence-electron chi connectivity index (χ2n) is 5.05. The predicted octanol–water partition coefficient (Wildman–Crippen LogP) is 1.29. The molecular formula is C12H24BN2O2. The summed E-state index contributed by atoms with van der Waals surface area (Å²) in [4.78, 5) is 11.7. The molecule has 0 bridgehead atoms. The summed E-state index contributed by atoms with van der Waals surface area (Å²) in [5.74, 6) is 1.35. The number of hydrogen-bond donors (Lipinski definition) is 2. The molecule has 1 atom stereocenters. The Hall–Kier alpha value is -0.545. The summed E-state index contributed by atoms with van der Waals surface area (Å²) in [5.41, 5.74) is 5.28. The van der Waals surface area contributed by atoms with Gasteiger partial charge in [-0.3, -0.25) is 4.79 Å². The lowest BCUT2D eigenvalue weighted by Crippen LogP contribution is -2.31. The van der Waals surface area contributed by atoms with Crippen LogP contribution in [0.3, 0.4) is 0 Å². The van der Waals surface area contributed by atoms with Crippen LogP contribution < -0.4 is 11.1 Å². The third-order valence-corrected chi connectivity index (χ3v) is 3.66. The second-order valence-corrected chi connectivity index (χ2v) is 5.05. The van der Waals surface area contributed by atoms with Crippen molar-refractivity contribution in [1.82, 2.24) is 5.32 Å². The molecule has 0 aromatic heterocycles. The number of nitrogens with two attached hydrogens (primary N) is 1. The van der Waals surface area contributed by atoms with Gasteiger partial charge in [-0.2, -0.15) is 0 Å². The van der Waals surface area contributed by atoms with E-state index in [4.69, 9.17) is 10.4 Å². The number of nitrogens with one attached hydrogen (secondary N) is 1. The Labute approximate surface area is 105 Å². The van der Waals surface area contributed by atoms with E-state index in [0.29, 0.717) is 5.92 Å². The summed E-state index contributed by atoms with van der Waals surface area (Å²) in [6, 6.07) is 0. The van der Waals surface area contributed by atoms with Crippen molar-refractivity contribution in [2.24, 2.45) is 17.6 Å². The largest absolute Gasteiger partial charge is 0.428 e. The Morgan fingerprint density at radius 3 is 2.65 bits per heavy atom. The van der Waals surface area contributed by atoms with Crippen LogP contribution in [-0.4, -0.2) is 27.2 Å². The molecule has 1 radical (unpaired) electrons. The van der Waals surface area contributed by atoms with Gasteiger partial charge in [0.2, 0.25) is 5.91 Å². The highest BCUT2D eigenvalue weighted by Crippen LogP contribution is 2.33. The first-order chi connectivity index (χ1) is 8.17. The molecule has 17 heavy (non-hydrogen) atoms. The van der Waals surface area contributed by atoms with E-state index in [1.165, 1.54) is 25.7 Å². The van der Waals surface area contributed by atoms with Crippen molar-refractivity contribution < 1.29 is 9.45 Å². The molecule has 1 aliphatic rings. The summed E-state index contributed by atoms with van der Waals surface area (Å²) >= 11 is 0. The van der Waals surface area contributed by atoms with E-state index in [0.717, 1.165) is 12.3 Å². The predicted molar refractivity (Wildman–Crippen MR) is 69.4 cm³/mol. The zero-order valence-corrected chi connectivity index (χ0v) is 10.9. The number of carbonyl (C=O) groups is 1. The zero-order valence-electron chi connectivity index (χ0n) is 10.9. The quantitative estimate of drug-likeness (QED) is 0.542. The minimum absolute atomic E-state index is 0.0251. The third kappa shape index (κ3) is 5.09. The number of hydrogen-bond acceptors (Lipinski definition) is 3. The summed E-state index contributed by atoms with van der Waals surface area (Å²) < 4.78 is 5.07. The van der Waals surface area contributed by atoms with Crippen molar-refractivity contribution in [2.75, 3.05) is 13.8 Å². The first kappa shape index (κ1) is 14.5. The Morgan fingerprint density at radius 1 is 1.47 bits per heavy atom. The van der Waals surface area contributed by atoms with E-state index in [1.54, 1.807) is 14.5 Å². The van der Waals surface area contributed by atoms with Crippen molar-refractivity contribution in [2.45, 2.75) is 44.8 Å². The minimum Gasteiger partial charge on any atom is -0.428 e. The maximum absolute atomic E-state index is 11.7. The van der Waals surface area contributed by atoms with Crippen molar-refractivity contribution in [3.63, 3.8) is 0 Å². The summed E-state index contributed by atoms with van der Waals surface area (Å²) in [6.07, 6.45) is 5.90. The first-order valence-corrected chi connectivity index (χ1v) is 6.54. The van der Waals surface area contributed by atoms with Crippen LogP contribution in [0.25, 0.3) is 0 Å². The molecule has 4 nitrogen and oxygen atoms in total. The summed E-state index contributed by atoms with van der Waals surface area (Å²) in [6.45, 7) is 2.44. The molecule has 5 heteroatoms.